The van der Waals surface area contributed by atoms with Crippen LogP contribution in [0.4, 0.5) is 0 Å². The number of phosphoric acid groups is 2. The molecule has 3 N–H and O–H groups in total. The van der Waals surface area contributed by atoms with Gasteiger partial charge in [0.05, 0.1) is 26.4 Å². The highest BCUT2D eigenvalue weighted by Crippen LogP contribution is 2.45. The Bertz CT molecular complexity index is 1910. The molecule has 582 valence electrons. The molecule has 19 heteroatoms. The Morgan fingerprint density at radius 3 is 0.776 bits per heavy atom. The van der Waals surface area contributed by atoms with E-state index in [1.807, 2.05) is 0 Å². The summed E-state index contributed by atoms with van der Waals surface area (Å²) >= 11 is 0. The van der Waals surface area contributed by atoms with Gasteiger partial charge in [-0.1, -0.05) is 357 Å². The average Bonchev–Trinajstić information content (AvgIpc) is 1.04. The van der Waals surface area contributed by atoms with Crippen molar-refractivity contribution >= 4 is 39.5 Å². The molecule has 0 fully saturated rings. The number of hydrogen-bond acceptors (Lipinski definition) is 15. The summed E-state index contributed by atoms with van der Waals surface area (Å²) in [4.78, 5) is 73.0. The monoisotopic (exact) mass is 1440 g/mol. The molecule has 0 amide bonds. The minimum atomic E-state index is -4.96. The zero-order valence-electron chi connectivity index (χ0n) is 64.3. The fraction of sp³-hybridized carbons (Fsp3) is 0.949. The first-order valence-electron chi connectivity index (χ1n) is 40.9. The van der Waals surface area contributed by atoms with Gasteiger partial charge in [-0.05, 0) is 43.4 Å². The summed E-state index contributed by atoms with van der Waals surface area (Å²) in [5.74, 6) is 0.212. The highest BCUT2D eigenvalue weighted by molar-refractivity contribution is 7.47. The number of phosphoric ester groups is 2. The minimum absolute atomic E-state index is 0.107. The highest BCUT2D eigenvalue weighted by atomic mass is 31.2. The van der Waals surface area contributed by atoms with Gasteiger partial charge in [0, 0.05) is 25.7 Å². The molecule has 6 atom stereocenters. The standard InChI is InChI=1S/C79H154O17P2/c1-8-10-11-12-13-14-15-16-23-29-34-39-48-55-62-79(84)96-75(67-90-77(82)61-54-47-42-41-45-52-59-72(7)9-2)69-94-98(87,88)92-65-73(80)64-91-97(85,86)93-68-74(95-78(83)63-56-49-40-35-30-25-20-18-22-27-32-37-44-51-58-71(5)6)66-89-76(81)60-53-46-38-33-28-24-19-17-21-26-31-36-43-50-57-70(3)4/h70-75,80H,8-69H2,1-7H3,(H,85,86)(H,87,88)/t72?,73-,74-,75-/m1/s1. The number of rotatable bonds is 77. The lowest BCUT2D eigenvalue weighted by Crippen LogP contribution is -2.30. The average molecular weight is 1440 g/mol. The van der Waals surface area contributed by atoms with Crippen molar-refractivity contribution in [1.29, 1.82) is 0 Å². The van der Waals surface area contributed by atoms with E-state index >= 15 is 0 Å². The number of unbranched alkanes of at least 4 members (excludes halogenated alkanes) is 44. The topological polar surface area (TPSA) is 237 Å². The molecule has 98 heavy (non-hydrogen) atoms. The third kappa shape index (κ3) is 71.1. The molecule has 0 aromatic heterocycles. The Balaban J connectivity index is 5.25. The van der Waals surface area contributed by atoms with E-state index in [0.717, 1.165) is 114 Å². The Labute approximate surface area is 600 Å². The lowest BCUT2D eigenvalue weighted by Gasteiger charge is -2.21. The van der Waals surface area contributed by atoms with Crippen molar-refractivity contribution in [1.82, 2.24) is 0 Å². The lowest BCUT2D eigenvalue weighted by atomic mass is 10.00. The predicted octanol–water partition coefficient (Wildman–Crippen LogP) is 23.4. The van der Waals surface area contributed by atoms with E-state index < -0.39 is 97.5 Å². The summed E-state index contributed by atoms with van der Waals surface area (Å²) in [7, 11) is -9.92. The molecule has 0 rings (SSSR count). The van der Waals surface area contributed by atoms with Crippen molar-refractivity contribution in [2.24, 2.45) is 17.8 Å². The Morgan fingerprint density at radius 2 is 0.520 bits per heavy atom. The van der Waals surface area contributed by atoms with Crippen LogP contribution in [0.25, 0.3) is 0 Å². The summed E-state index contributed by atoms with van der Waals surface area (Å²) < 4.78 is 68.7. The van der Waals surface area contributed by atoms with Gasteiger partial charge in [-0.15, -0.1) is 0 Å². The van der Waals surface area contributed by atoms with Crippen molar-refractivity contribution in [2.75, 3.05) is 39.6 Å². The number of aliphatic hydroxyl groups is 1. The Kier molecular flexibility index (Phi) is 68.1. The number of hydrogen-bond donors (Lipinski definition) is 3. The van der Waals surface area contributed by atoms with Crippen LogP contribution in [0.1, 0.15) is 408 Å². The number of aliphatic hydroxyl groups excluding tert-OH is 1. The van der Waals surface area contributed by atoms with Gasteiger partial charge < -0.3 is 33.8 Å². The number of carbonyl (C=O) groups is 4. The molecule has 0 aromatic rings. The van der Waals surface area contributed by atoms with Gasteiger partial charge in [0.1, 0.15) is 19.3 Å². The largest absolute Gasteiger partial charge is 0.472 e. The van der Waals surface area contributed by atoms with Crippen LogP contribution in [0.15, 0.2) is 0 Å². The molecule has 0 saturated heterocycles. The second-order valence-electron chi connectivity index (χ2n) is 29.6. The van der Waals surface area contributed by atoms with E-state index in [0.29, 0.717) is 25.7 Å². The molecule has 0 bridgehead atoms. The van der Waals surface area contributed by atoms with Crippen LogP contribution in [0.5, 0.6) is 0 Å². The van der Waals surface area contributed by atoms with Crippen LogP contribution in [-0.2, 0) is 65.4 Å². The highest BCUT2D eigenvalue weighted by Gasteiger charge is 2.30. The molecule has 0 aliphatic heterocycles. The molecule has 0 aromatic carbocycles. The second kappa shape index (κ2) is 69.4. The smallest absolute Gasteiger partial charge is 0.462 e. The van der Waals surface area contributed by atoms with Gasteiger partial charge in [-0.3, -0.25) is 37.3 Å². The maximum Gasteiger partial charge on any atom is 0.472 e. The Morgan fingerprint density at radius 1 is 0.296 bits per heavy atom. The molecule has 0 saturated carbocycles. The van der Waals surface area contributed by atoms with Crippen LogP contribution in [0.2, 0.25) is 0 Å². The maximum absolute atomic E-state index is 13.1. The van der Waals surface area contributed by atoms with Crippen molar-refractivity contribution in [3.63, 3.8) is 0 Å². The van der Waals surface area contributed by atoms with E-state index in [2.05, 4.69) is 48.5 Å². The summed E-state index contributed by atoms with van der Waals surface area (Å²) in [5, 5.41) is 10.6. The van der Waals surface area contributed by atoms with Crippen molar-refractivity contribution in [2.45, 2.75) is 426 Å². The van der Waals surface area contributed by atoms with Crippen LogP contribution in [0.3, 0.4) is 0 Å². The summed E-state index contributed by atoms with van der Waals surface area (Å²) in [6.07, 6.45) is 56.8. The molecule has 0 heterocycles. The molecule has 17 nitrogen and oxygen atoms in total. The normalized spacial score (nSPS) is 14.3. The first-order valence-corrected chi connectivity index (χ1v) is 43.9. The van der Waals surface area contributed by atoms with Crippen molar-refractivity contribution in [3.8, 4) is 0 Å². The van der Waals surface area contributed by atoms with Crippen LogP contribution < -0.4 is 0 Å². The van der Waals surface area contributed by atoms with Crippen LogP contribution in [0, 0.1) is 17.8 Å². The van der Waals surface area contributed by atoms with Crippen LogP contribution in [-0.4, -0.2) is 96.7 Å². The molecule has 3 unspecified atom stereocenters. The molecule has 0 aliphatic rings. The van der Waals surface area contributed by atoms with Crippen molar-refractivity contribution in [3.05, 3.63) is 0 Å². The number of carbonyl (C=O) groups excluding carboxylic acids is 4. The summed E-state index contributed by atoms with van der Waals surface area (Å²) in [5.41, 5.74) is 0. The second-order valence-corrected chi connectivity index (χ2v) is 32.6. The zero-order valence-corrected chi connectivity index (χ0v) is 66.0. The number of esters is 4. The predicted molar refractivity (Wildman–Crippen MR) is 400 cm³/mol. The molecule has 0 spiro atoms. The van der Waals surface area contributed by atoms with E-state index in [9.17, 15) is 43.2 Å². The van der Waals surface area contributed by atoms with Crippen molar-refractivity contribution < 1.29 is 80.2 Å². The fourth-order valence-corrected chi connectivity index (χ4v) is 13.7. The fourth-order valence-electron chi connectivity index (χ4n) is 12.1. The molecular formula is C79H154O17P2. The van der Waals surface area contributed by atoms with Crippen LogP contribution >= 0.6 is 15.6 Å². The van der Waals surface area contributed by atoms with Gasteiger partial charge >= 0.3 is 39.5 Å². The summed E-state index contributed by atoms with van der Waals surface area (Å²) in [6, 6.07) is 0. The first-order chi connectivity index (χ1) is 47.3. The molecule has 0 aliphatic carbocycles. The molecular weight excluding hydrogens is 1280 g/mol. The van der Waals surface area contributed by atoms with E-state index in [4.69, 9.17) is 37.0 Å². The minimum Gasteiger partial charge on any atom is -0.462 e. The van der Waals surface area contributed by atoms with Gasteiger partial charge in [0.25, 0.3) is 0 Å². The van der Waals surface area contributed by atoms with Gasteiger partial charge in [-0.2, -0.15) is 0 Å². The summed E-state index contributed by atoms with van der Waals surface area (Å²) in [6.45, 7) is 11.9. The van der Waals surface area contributed by atoms with E-state index in [1.54, 1.807) is 0 Å². The SMILES string of the molecule is CCCCCCCCCCCCCCCCC(=O)O[C@H](COC(=O)CCCCCCCCC(C)CC)COP(=O)(O)OC[C@H](O)COP(=O)(O)OC[C@@H](COC(=O)CCCCCCCCCCCCCCCCC(C)C)OC(=O)CCCCCCCCCCCCCCCCC(C)C. The quantitative estimate of drug-likeness (QED) is 0.0222. The van der Waals surface area contributed by atoms with E-state index in [-0.39, 0.29) is 25.7 Å². The zero-order chi connectivity index (χ0) is 72.3. The number of ether oxygens (including phenoxy) is 4. The lowest BCUT2D eigenvalue weighted by molar-refractivity contribution is -0.161. The molecule has 0 radical (unpaired) electrons. The third-order valence-electron chi connectivity index (χ3n) is 18.7. The van der Waals surface area contributed by atoms with E-state index in [1.165, 1.54) is 212 Å². The Hall–Kier alpha value is -1.94. The van der Waals surface area contributed by atoms with Gasteiger partial charge in [-0.25, -0.2) is 9.13 Å². The van der Waals surface area contributed by atoms with Gasteiger partial charge in [0.2, 0.25) is 0 Å². The van der Waals surface area contributed by atoms with Gasteiger partial charge in [0.15, 0.2) is 12.2 Å². The first kappa shape index (κ1) is 96.1. The maximum atomic E-state index is 13.1. The third-order valence-corrected chi connectivity index (χ3v) is 20.6.